The number of carbonyl (C=O) groups is 1. The quantitative estimate of drug-likeness (QED) is 0.644. The largest absolute Gasteiger partial charge is 0.411 e. The van der Waals surface area contributed by atoms with Gasteiger partial charge in [0.05, 0.1) is 4.90 Å². The summed E-state index contributed by atoms with van der Waals surface area (Å²) < 4.78 is 106. The molecule has 2 aromatic carbocycles. The summed E-state index contributed by atoms with van der Waals surface area (Å²) in [5.74, 6) is -2.14. The minimum atomic E-state index is -5.85. The molecular formula is C19H18F6N2O3S. The number of hydrogen-bond acceptors (Lipinski definition) is 3. The Kier molecular flexibility index (Phi) is 5.76. The van der Waals surface area contributed by atoms with E-state index in [-0.39, 0.29) is 11.8 Å². The van der Waals surface area contributed by atoms with Gasteiger partial charge in [0.25, 0.3) is 0 Å². The second-order valence-electron chi connectivity index (χ2n) is 7.29. The Labute approximate surface area is 174 Å². The second-order valence-corrected chi connectivity index (χ2v) is 9.20. The van der Waals surface area contributed by atoms with Crippen molar-refractivity contribution in [2.75, 3.05) is 26.2 Å². The molecule has 0 radical (unpaired) electrons. The van der Waals surface area contributed by atoms with Crippen molar-refractivity contribution in [1.82, 2.24) is 9.21 Å². The van der Waals surface area contributed by atoms with Crippen molar-refractivity contribution in [3.63, 3.8) is 0 Å². The summed E-state index contributed by atoms with van der Waals surface area (Å²) in [6.07, 6.45) is -11.7. The molecule has 0 unspecified atom stereocenters. The zero-order chi connectivity index (χ0) is 23.2. The summed E-state index contributed by atoms with van der Waals surface area (Å²) >= 11 is 0. The number of sulfonamides is 1. The van der Waals surface area contributed by atoms with Gasteiger partial charge in [0.1, 0.15) is 0 Å². The number of alkyl halides is 6. The highest BCUT2D eigenvalue weighted by atomic mass is 32.2. The van der Waals surface area contributed by atoms with E-state index in [2.05, 4.69) is 0 Å². The maximum atomic E-state index is 13.2. The first-order valence-electron chi connectivity index (χ1n) is 9.12. The molecule has 2 aromatic rings. The van der Waals surface area contributed by atoms with E-state index in [1.54, 1.807) is 30.3 Å². The predicted molar refractivity (Wildman–Crippen MR) is 99.5 cm³/mol. The molecule has 1 amide bonds. The average Bonchev–Trinajstić information content (AvgIpc) is 2.70. The van der Waals surface area contributed by atoms with E-state index < -0.39 is 59.9 Å². The number of carbonyl (C=O) groups excluding carboxylic acids is 1. The Hall–Kier alpha value is -2.34. The number of hydrogen-bond donors (Lipinski definition) is 0. The molecule has 170 valence electrons. The summed E-state index contributed by atoms with van der Waals surface area (Å²) in [6.45, 7) is -2.24. The second kappa shape index (κ2) is 7.66. The van der Waals surface area contributed by atoms with E-state index in [1.165, 1.54) is 12.1 Å². The Morgan fingerprint density at radius 1 is 0.839 bits per heavy atom. The fourth-order valence-corrected chi connectivity index (χ4v) is 5.05. The lowest BCUT2D eigenvalue weighted by molar-refractivity contribution is -0.322. The topological polar surface area (TPSA) is 57.7 Å². The highest BCUT2D eigenvalue weighted by Crippen LogP contribution is 2.51. The van der Waals surface area contributed by atoms with Crippen LogP contribution in [-0.4, -0.2) is 62.1 Å². The molecule has 0 atom stereocenters. The van der Waals surface area contributed by atoms with Crippen molar-refractivity contribution in [2.24, 2.45) is 5.41 Å². The molecule has 0 aromatic heterocycles. The molecule has 0 saturated carbocycles. The molecule has 0 aliphatic carbocycles. The zero-order valence-electron chi connectivity index (χ0n) is 16.2. The number of halogens is 6. The molecule has 1 fully saturated rings. The van der Waals surface area contributed by atoms with Crippen LogP contribution in [0.25, 0.3) is 10.8 Å². The van der Waals surface area contributed by atoms with Crippen LogP contribution in [0, 0.1) is 5.41 Å². The Morgan fingerprint density at radius 3 is 1.90 bits per heavy atom. The van der Waals surface area contributed by atoms with E-state index in [4.69, 9.17) is 0 Å². The first-order valence-corrected chi connectivity index (χ1v) is 10.6. The summed E-state index contributed by atoms with van der Waals surface area (Å²) in [5.41, 5.74) is -4.57. The number of fused-ring (bicyclic) bond motifs is 1. The minimum Gasteiger partial charge on any atom is -0.339 e. The minimum absolute atomic E-state index is 0.0270. The fourth-order valence-electron chi connectivity index (χ4n) is 3.41. The van der Waals surface area contributed by atoms with Crippen LogP contribution in [0.4, 0.5) is 26.3 Å². The van der Waals surface area contributed by atoms with Crippen LogP contribution in [0.15, 0.2) is 47.4 Å². The van der Waals surface area contributed by atoms with E-state index in [0.717, 1.165) is 4.31 Å². The smallest absolute Gasteiger partial charge is 0.339 e. The summed E-state index contributed by atoms with van der Waals surface area (Å²) in [7, 11) is -4.08. The van der Waals surface area contributed by atoms with Crippen LogP contribution in [0.1, 0.15) is 6.92 Å². The highest BCUT2D eigenvalue weighted by Gasteiger charge is 2.73. The number of nitrogens with zero attached hydrogens (tertiary/aromatic N) is 2. The van der Waals surface area contributed by atoms with Crippen molar-refractivity contribution >= 4 is 26.7 Å². The van der Waals surface area contributed by atoms with E-state index in [1.807, 2.05) is 0 Å². The maximum Gasteiger partial charge on any atom is 0.411 e. The lowest BCUT2D eigenvalue weighted by atomic mass is 9.86. The first-order chi connectivity index (χ1) is 14.2. The number of amides is 1. The van der Waals surface area contributed by atoms with Gasteiger partial charge in [0.15, 0.2) is 0 Å². The van der Waals surface area contributed by atoms with Crippen LogP contribution >= 0.6 is 0 Å². The summed E-state index contributed by atoms with van der Waals surface area (Å²) in [6, 6.07) is 11.3. The molecule has 0 N–H and O–H groups in total. The van der Waals surface area contributed by atoms with Crippen molar-refractivity contribution in [1.29, 1.82) is 0 Å². The van der Waals surface area contributed by atoms with E-state index in [9.17, 15) is 39.6 Å². The molecule has 0 spiro atoms. The number of rotatable bonds is 3. The Bertz CT molecular complexity index is 1070. The van der Waals surface area contributed by atoms with Gasteiger partial charge in [0, 0.05) is 31.6 Å². The SMILES string of the molecule is CC(C(=O)N1CCN(S(=O)(=O)c2cccc3ccccc23)CC1)(C(F)(F)F)C(F)(F)F. The van der Waals surface area contributed by atoms with E-state index in [0.29, 0.717) is 15.7 Å². The molecule has 1 saturated heterocycles. The van der Waals surface area contributed by atoms with Crippen molar-refractivity contribution in [3.8, 4) is 0 Å². The van der Waals surface area contributed by atoms with Crippen LogP contribution in [0.5, 0.6) is 0 Å². The molecule has 3 rings (SSSR count). The zero-order valence-corrected chi connectivity index (χ0v) is 17.0. The first kappa shape index (κ1) is 23.3. The molecule has 1 heterocycles. The molecule has 1 aliphatic heterocycles. The van der Waals surface area contributed by atoms with Crippen LogP contribution in [0.3, 0.4) is 0 Å². The van der Waals surface area contributed by atoms with Crippen molar-refractivity contribution < 1.29 is 39.6 Å². The van der Waals surface area contributed by atoms with Gasteiger partial charge in [-0.05, 0) is 18.4 Å². The van der Waals surface area contributed by atoms with Gasteiger partial charge in [-0.25, -0.2) is 8.42 Å². The fraction of sp³-hybridized carbons (Fsp3) is 0.421. The standard InChI is InChI=1S/C19H18F6N2O3S/c1-17(18(20,21)22,19(23,24)25)16(28)26-9-11-27(12-10-26)31(29,30)15-8-4-6-13-5-2-3-7-14(13)15/h2-8H,9-12H2,1H3. The normalized spacial score (nSPS) is 17.2. The summed E-state index contributed by atoms with van der Waals surface area (Å²) in [5, 5.41) is 1.09. The third-order valence-electron chi connectivity index (χ3n) is 5.45. The molecule has 1 aliphatic rings. The third-order valence-corrected chi connectivity index (χ3v) is 7.41. The number of piperazine rings is 1. The lowest BCUT2D eigenvalue weighted by Gasteiger charge is -2.40. The molecular weight excluding hydrogens is 450 g/mol. The van der Waals surface area contributed by atoms with Crippen LogP contribution < -0.4 is 0 Å². The van der Waals surface area contributed by atoms with Crippen LogP contribution in [-0.2, 0) is 14.8 Å². The van der Waals surface area contributed by atoms with Gasteiger partial charge < -0.3 is 4.90 Å². The van der Waals surface area contributed by atoms with Crippen molar-refractivity contribution in [3.05, 3.63) is 42.5 Å². The van der Waals surface area contributed by atoms with Crippen LogP contribution in [0.2, 0.25) is 0 Å². The molecule has 5 nitrogen and oxygen atoms in total. The van der Waals surface area contributed by atoms with Gasteiger partial charge in [-0.2, -0.15) is 30.6 Å². The lowest BCUT2D eigenvalue weighted by Crippen LogP contribution is -2.61. The maximum absolute atomic E-state index is 13.2. The van der Waals surface area contributed by atoms with Gasteiger partial charge in [-0.15, -0.1) is 0 Å². The Balaban J connectivity index is 1.84. The number of benzene rings is 2. The van der Waals surface area contributed by atoms with Gasteiger partial charge in [-0.1, -0.05) is 36.4 Å². The monoisotopic (exact) mass is 468 g/mol. The van der Waals surface area contributed by atoms with E-state index >= 15 is 0 Å². The third kappa shape index (κ3) is 3.86. The molecule has 12 heteroatoms. The molecule has 31 heavy (non-hydrogen) atoms. The molecule has 0 bridgehead atoms. The highest BCUT2D eigenvalue weighted by molar-refractivity contribution is 7.89. The Morgan fingerprint density at radius 2 is 1.35 bits per heavy atom. The predicted octanol–water partition coefficient (Wildman–Crippen LogP) is 3.80. The summed E-state index contributed by atoms with van der Waals surface area (Å²) in [4.78, 5) is 12.6. The van der Waals surface area contributed by atoms with Gasteiger partial charge in [0.2, 0.25) is 21.3 Å². The van der Waals surface area contributed by atoms with Gasteiger partial charge in [-0.3, -0.25) is 4.79 Å². The van der Waals surface area contributed by atoms with Crippen molar-refractivity contribution in [2.45, 2.75) is 24.2 Å². The average molecular weight is 468 g/mol. The van der Waals surface area contributed by atoms with Gasteiger partial charge >= 0.3 is 12.4 Å².